The lowest BCUT2D eigenvalue weighted by molar-refractivity contribution is -0.384. The van der Waals surface area contributed by atoms with E-state index in [9.17, 15) is 14.9 Å². The minimum absolute atomic E-state index is 0.0109. The molecule has 0 unspecified atom stereocenters. The lowest BCUT2D eigenvalue weighted by atomic mass is 10.2. The van der Waals surface area contributed by atoms with Gasteiger partial charge in [0.2, 0.25) is 5.89 Å². The van der Waals surface area contributed by atoms with Crippen LogP contribution in [0.2, 0.25) is 0 Å². The highest BCUT2D eigenvalue weighted by Gasteiger charge is 2.15. The number of aromatic nitrogens is 1. The van der Waals surface area contributed by atoms with Crippen molar-refractivity contribution in [3.8, 4) is 11.5 Å². The average Bonchev–Trinajstić information content (AvgIpc) is 2.77. The van der Waals surface area contributed by atoms with Crippen LogP contribution in [0.3, 0.4) is 0 Å². The molecular weight excluding hydrogens is 308 g/mol. The Morgan fingerprint density at radius 3 is 2.72 bits per heavy atom. The lowest BCUT2D eigenvalue weighted by Gasteiger charge is -1.97. The summed E-state index contributed by atoms with van der Waals surface area (Å²) in [5.74, 6) is -1.22. The number of aromatic carboxylic acids is 1. The van der Waals surface area contributed by atoms with Crippen LogP contribution in [-0.4, -0.2) is 21.0 Å². The minimum atomic E-state index is -1.23. The SMILES string of the molecule is O=C(O)c1coc(-c2cc(Br)cc([N+](=O)[O-])c2)n1. The predicted molar refractivity (Wildman–Crippen MR) is 63.3 cm³/mol. The van der Waals surface area contributed by atoms with Gasteiger partial charge in [-0.15, -0.1) is 0 Å². The smallest absolute Gasteiger partial charge is 0.357 e. The van der Waals surface area contributed by atoms with E-state index in [1.807, 2.05) is 0 Å². The predicted octanol–water partition coefficient (Wildman–Crippen LogP) is 2.71. The number of nitro benzene ring substituents is 1. The Kier molecular flexibility index (Phi) is 3.11. The molecule has 92 valence electrons. The molecule has 0 amide bonds. The largest absolute Gasteiger partial charge is 0.476 e. The number of nitro groups is 1. The van der Waals surface area contributed by atoms with Crippen molar-refractivity contribution in [2.24, 2.45) is 0 Å². The van der Waals surface area contributed by atoms with Gasteiger partial charge < -0.3 is 9.52 Å². The highest BCUT2D eigenvalue weighted by Crippen LogP contribution is 2.28. The zero-order chi connectivity index (χ0) is 13.3. The molecule has 0 aliphatic carbocycles. The van der Waals surface area contributed by atoms with Gasteiger partial charge in [-0.05, 0) is 6.07 Å². The number of rotatable bonds is 3. The molecule has 1 heterocycles. The second-order valence-corrected chi connectivity index (χ2v) is 4.21. The van der Waals surface area contributed by atoms with Crippen LogP contribution in [-0.2, 0) is 0 Å². The van der Waals surface area contributed by atoms with Gasteiger partial charge in [-0.1, -0.05) is 15.9 Å². The van der Waals surface area contributed by atoms with Crippen LogP contribution in [0.5, 0.6) is 0 Å². The molecule has 1 N–H and O–H groups in total. The lowest BCUT2D eigenvalue weighted by Crippen LogP contribution is -1.95. The third-order valence-electron chi connectivity index (χ3n) is 2.06. The van der Waals surface area contributed by atoms with E-state index in [4.69, 9.17) is 9.52 Å². The summed E-state index contributed by atoms with van der Waals surface area (Å²) in [7, 11) is 0. The summed E-state index contributed by atoms with van der Waals surface area (Å²) in [6.07, 6.45) is 0.977. The van der Waals surface area contributed by atoms with Crippen LogP contribution in [0.1, 0.15) is 10.5 Å². The van der Waals surface area contributed by atoms with Gasteiger partial charge in [0.25, 0.3) is 5.69 Å². The second kappa shape index (κ2) is 4.57. The maximum absolute atomic E-state index is 10.7. The maximum atomic E-state index is 10.7. The molecule has 0 aliphatic rings. The van der Waals surface area contributed by atoms with E-state index in [0.717, 1.165) is 6.26 Å². The first kappa shape index (κ1) is 12.2. The van der Waals surface area contributed by atoms with Gasteiger partial charge in [0.15, 0.2) is 5.69 Å². The highest BCUT2D eigenvalue weighted by molar-refractivity contribution is 9.10. The average molecular weight is 313 g/mol. The van der Waals surface area contributed by atoms with Crippen LogP contribution < -0.4 is 0 Å². The first-order chi connectivity index (χ1) is 8.47. The summed E-state index contributed by atoms with van der Waals surface area (Å²) < 4.78 is 5.44. The van der Waals surface area contributed by atoms with Crippen molar-refractivity contribution in [2.45, 2.75) is 0 Å². The molecule has 0 spiro atoms. The Morgan fingerprint density at radius 2 is 2.17 bits per heavy atom. The summed E-state index contributed by atoms with van der Waals surface area (Å²) in [5, 5.41) is 19.4. The third-order valence-corrected chi connectivity index (χ3v) is 2.52. The number of halogens is 1. The molecule has 2 aromatic rings. The molecule has 7 nitrogen and oxygen atoms in total. The molecule has 1 aromatic carbocycles. The third kappa shape index (κ3) is 2.38. The van der Waals surface area contributed by atoms with Gasteiger partial charge in [0.05, 0.1) is 4.92 Å². The molecule has 0 saturated heterocycles. The van der Waals surface area contributed by atoms with E-state index >= 15 is 0 Å². The fourth-order valence-electron chi connectivity index (χ4n) is 1.31. The van der Waals surface area contributed by atoms with E-state index in [1.165, 1.54) is 12.1 Å². The van der Waals surface area contributed by atoms with E-state index in [-0.39, 0.29) is 17.3 Å². The summed E-state index contributed by atoms with van der Waals surface area (Å²) in [6, 6.07) is 4.12. The Balaban J connectivity index is 2.49. The van der Waals surface area contributed by atoms with E-state index in [1.54, 1.807) is 6.07 Å². The number of hydrogen-bond acceptors (Lipinski definition) is 5. The number of non-ortho nitro benzene ring substituents is 1. The molecule has 0 fully saturated rings. The van der Waals surface area contributed by atoms with Gasteiger partial charge in [-0.2, -0.15) is 0 Å². The van der Waals surface area contributed by atoms with E-state index in [2.05, 4.69) is 20.9 Å². The number of nitrogens with zero attached hydrogens (tertiary/aromatic N) is 2. The van der Waals surface area contributed by atoms with Crippen molar-refractivity contribution in [2.75, 3.05) is 0 Å². The Labute approximate surface area is 108 Å². The van der Waals surface area contributed by atoms with E-state index in [0.29, 0.717) is 10.0 Å². The molecule has 0 aliphatic heterocycles. The van der Waals surface area contributed by atoms with Gasteiger partial charge in [0, 0.05) is 22.2 Å². The Bertz CT molecular complexity index is 637. The quantitative estimate of drug-likeness (QED) is 0.689. The molecule has 0 saturated carbocycles. The van der Waals surface area contributed by atoms with Crippen molar-refractivity contribution < 1.29 is 19.2 Å². The molecule has 0 atom stereocenters. The van der Waals surface area contributed by atoms with Gasteiger partial charge in [0.1, 0.15) is 6.26 Å². The molecule has 1 aromatic heterocycles. The van der Waals surface area contributed by atoms with Crippen LogP contribution in [0.25, 0.3) is 11.5 Å². The first-order valence-electron chi connectivity index (χ1n) is 4.61. The number of carbonyl (C=O) groups is 1. The van der Waals surface area contributed by atoms with Crippen LogP contribution in [0.4, 0.5) is 5.69 Å². The standard InChI is InChI=1S/C10H5BrN2O5/c11-6-1-5(2-7(3-6)13(16)17)9-12-8(4-18-9)10(14)15/h1-4H,(H,14,15). The zero-order valence-electron chi connectivity index (χ0n) is 8.66. The number of oxazole rings is 1. The van der Waals surface area contributed by atoms with Crippen LogP contribution in [0, 0.1) is 10.1 Å². The van der Waals surface area contributed by atoms with Crippen LogP contribution in [0.15, 0.2) is 33.4 Å². The van der Waals surface area contributed by atoms with Crippen molar-refractivity contribution in [1.29, 1.82) is 0 Å². The topological polar surface area (TPSA) is 106 Å². The number of benzene rings is 1. The summed E-state index contributed by atoms with van der Waals surface area (Å²) in [4.78, 5) is 24.5. The second-order valence-electron chi connectivity index (χ2n) is 3.30. The van der Waals surface area contributed by atoms with Crippen molar-refractivity contribution in [3.63, 3.8) is 0 Å². The Morgan fingerprint density at radius 1 is 1.44 bits per heavy atom. The first-order valence-corrected chi connectivity index (χ1v) is 5.41. The van der Waals surface area contributed by atoms with Crippen LogP contribution >= 0.6 is 15.9 Å². The molecule has 0 bridgehead atoms. The molecular formula is C10H5BrN2O5. The highest BCUT2D eigenvalue weighted by atomic mass is 79.9. The number of carboxylic acids is 1. The minimum Gasteiger partial charge on any atom is -0.476 e. The number of carboxylic acid groups (broad SMARTS) is 1. The van der Waals surface area contributed by atoms with Crippen molar-refractivity contribution in [1.82, 2.24) is 4.98 Å². The fourth-order valence-corrected chi connectivity index (χ4v) is 1.79. The fraction of sp³-hybridized carbons (Fsp3) is 0. The monoisotopic (exact) mass is 312 g/mol. The molecule has 18 heavy (non-hydrogen) atoms. The molecule has 2 rings (SSSR count). The van der Waals surface area contributed by atoms with Gasteiger partial charge in [-0.25, -0.2) is 9.78 Å². The summed E-state index contributed by atoms with van der Waals surface area (Å²) >= 11 is 3.12. The normalized spacial score (nSPS) is 10.3. The molecule has 8 heteroatoms. The summed E-state index contributed by atoms with van der Waals surface area (Å²) in [5.41, 5.74) is -0.0781. The molecule has 0 radical (unpaired) electrons. The Hall–Kier alpha value is -2.22. The van der Waals surface area contributed by atoms with Crippen molar-refractivity contribution in [3.05, 3.63) is 44.7 Å². The van der Waals surface area contributed by atoms with Gasteiger partial charge in [-0.3, -0.25) is 10.1 Å². The number of hydrogen-bond donors (Lipinski definition) is 1. The zero-order valence-corrected chi connectivity index (χ0v) is 10.2. The van der Waals surface area contributed by atoms with Gasteiger partial charge >= 0.3 is 5.97 Å². The summed E-state index contributed by atoms with van der Waals surface area (Å²) in [6.45, 7) is 0. The van der Waals surface area contributed by atoms with E-state index < -0.39 is 10.9 Å². The van der Waals surface area contributed by atoms with Crippen molar-refractivity contribution >= 4 is 27.6 Å². The maximum Gasteiger partial charge on any atom is 0.357 e.